The Morgan fingerprint density at radius 1 is 1.24 bits per heavy atom. The highest BCUT2D eigenvalue weighted by Gasteiger charge is 2.07. The molecule has 0 spiro atoms. The van der Waals surface area contributed by atoms with Crippen LogP contribution in [-0.4, -0.2) is 27.1 Å². The number of aromatic carboxylic acids is 1. The number of H-pyrrole nitrogens is 1. The van der Waals surface area contributed by atoms with E-state index in [4.69, 9.17) is 0 Å². The number of nitrogens with one attached hydrogen (secondary N) is 1. The number of aromatic amines is 1. The molecule has 0 aliphatic rings. The van der Waals surface area contributed by atoms with Crippen LogP contribution in [0.4, 0.5) is 0 Å². The summed E-state index contributed by atoms with van der Waals surface area (Å²) < 4.78 is 0. The van der Waals surface area contributed by atoms with Crippen molar-refractivity contribution in [3.63, 3.8) is 0 Å². The molecule has 1 aromatic carbocycles. The molecule has 0 aliphatic heterocycles. The fourth-order valence-electron chi connectivity index (χ4n) is 1.46. The average molecular weight is 303 g/mol. The van der Waals surface area contributed by atoms with E-state index in [0.29, 0.717) is 11.4 Å². The van der Waals surface area contributed by atoms with Gasteiger partial charge in [0.05, 0.1) is 11.9 Å². The molecule has 0 unspecified atom stereocenters. The van der Waals surface area contributed by atoms with Crippen molar-refractivity contribution in [3.8, 4) is 0 Å². The summed E-state index contributed by atoms with van der Waals surface area (Å²) in [7, 11) is 0. The molecule has 0 fully saturated rings. The lowest BCUT2D eigenvalue weighted by Gasteiger charge is -2.06. The zero-order valence-corrected chi connectivity index (χ0v) is 11.6. The normalized spacial score (nSPS) is 11.4. The zero-order chi connectivity index (χ0) is 15.4. The number of carboxylic acids is 2. The van der Waals surface area contributed by atoms with Gasteiger partial charge in [0.2, 0.25) is 5.16 Å². The Hall–Kier alpha value is -2.61. The van der Waals surface area contributed by atoms with Gasteiger partial charge in [0.25, 0.3) is 0 Å². The number of benzene rings is 1. The molecule has 0 saturated carbocycles. The molecule has 108 valence electrons. The second kappa shape index (κ2) is 6.23. The van der Waals surface area contributed by atoms with Crippen LogP contribution in [-0.2, 0) is 4.79 Å². The highest BCUT2D eigenvalue weighted by molar-refractivity contribution is 8.04. The maximum Gasteiger partial charge on any atom is 0.213 e. The van der Waals surface area contributed by atoms with Crippen LogP contribution in [0.2, 0.25) is 0 Å². The van der Waals surface area contributed by atoms with Gasteiger partial charge in [-0.15, -0.1) is 5.10 Å². The molecular formula is C13H9N3O4S-2. The van der Waals surface area contributed by atoms with Gasteiger partial charge in [-0.2, -0.15) is 0 Å². The molecule has 1 aromatic heterocycles. The third-order valence-electron chi connectivity index (χ3n) is 2.42. The van der Waals surface area contributed by atoms with Crippen molar-refractivity contribution in [1.82, 2.24) is 15.2 Å². The van der Waals surface area contributed by atoms with E-state index < -0.39 is 11.9 Å². The van der Waals surface area contributed by atoms with Gasteiger partial charge in [-0.3, -0.25) is 5.10 Å². The highest BCUT2D eigenvalue weighted by atomic mass is 32.2. The summed E-state index contributed by atoms with van der Waals surface area (Å²) in [6.45, 7) is 1.69. The van der Waals surface area contributed by atoms with E-state index in [1.54, 1.807) is 6.92 Å². The van der Waals surface area contributed by atoms with Gasteiger partial charge < -0.3 is 19.8 Å². The predicted octanol–water partition coefficient (Wildman–Crippen LogP) is -0.640. The minimum absolute atomic E-state index is 0.0133. The lowest BCUT2D eigenvalue weighted by atomic mass is 10.1. The van der Waals surface area contributed by atoms with E-state index >= 15 is 0 Å². The number of aliphatic carboxylic acids is 1. The first-order chi connectivity index (χ1) is 9.95. The van der Waals surface area contributed by atoms with Gasteiger partial charge in [0.1, 0.15) is 5.82 Å². The largest absolute Gasteiger partial charge is 0.545 e. The van der Waals surface area contributed by atoms with Gasteiger partial charge in [0, 0.05) is 4.91 Å². The molecule has 21 heavy (non-hydrogen) atoms. The third kappa shape index (κ3) is 3.93. The number of aromatic nitrogens is 3. The van der Waals surface area contributed by atoms with Crippen LogP contribution in [0.3, 0.4) is 0 Å². The average Bonchev–Trinajstić information content (AvgIpc) is 2.84. The number of rotatable bonds is 5. The van der Waals surface area contributed by atoms with E-state index in [2.05, 4.69) is 15.2 Å². The molecule has 8 heteroatoms. The van der Waals surface area contributed by atoms with Crippen LogP contribution >= 0.6 is 11.8 Å². The minimum Gasteiger partial charge on any atom is -0.545 e. The van der Waals surface area contributed by atoms with E-state index in [0.717, 1.165) is 11.8 Å². The number of aryl methyl sites for hydroxylation is 1. The monoisotopic (exact) mass is 303 g/mol. The first-order valence-corrected chi connectivity index (χ1v) is 6.58. The van der Waals surface area contributed by atoms with Crippen LogP contribution in [0.5, 0.6) is 0 Å². The number of hydrogen-bond acceptors (Lipinski definition) is 7. The topological polar surface area (TPSA) is 122 Å². The molecule has 1 N–H and O–H groups in total. The van der Waals surface area contributed by atoms with Gasteiger partial charge >= 0.3 is 0 Å². The fourth-order valence-corrected chi connectivity index (χ4v) is 2.21. The molecule has 2 aromatic rings. The minimum atomic E-state index is -1.37. The number of carbonyl (C=O) groups excluding carboxylic acids is 2. The summed E-state index contributed by atoms with van der Waals surface area (Å²) >= 11 is 0.840. The van der Waals surface area contributed by atoms with Crippen LogP contribution in [0.25, 0.3) is 6.08 Å². The predicted molar refractivity (Wildman–Crippen MR) is 70.7 cm³/mol. The number of thioether (sulfide) groups is 1. The molecule has 0 saturated heterocycles. The quantitative estimate of drug-likeness (QED) is 0.575. The van der Waals surface area contributed by atoms with Crippen LogP contribution < -0.4 is 10.2 Å². The first-order valence-electron chi connectivity index (χ1n) is 5.77. The molecule has 7 nitrogen and oxygen atoms in total. The van der Waals surface area contributed by atoms with Gasteiger partial charge in [-0.1, -0.05) is 24.3 Å². The Kier molecular flexibility index (Phi) is 4.39. The third-order valence-corrected chi connectivity index (χ3v) is 3.29. The van der Waals surface area contributed by atoms with Crippen molar-refractivity contribution in [3.05, 3.63) is 46.1 Å². The van der Waals surface area contributed by atoms with Crippen LogP contribution in [0.1, 0.15) is 21.7 Å². The van der Waals surface area contributed by atoms with E-state index in [1.807, 2.05) is 0 Å². The molecule has 0 aliphatic carbocycles. The van der Waals surface area contributed by atoms with Crippen molar-refractivity contribution in [2.45, 2.75) is 12.1 Å². The van der Waals surface area contributed by atoms with E-state index in [9.17, 15) is 19.8 Å². The molecule has 2 rings (SSSR count). The lowest BCUT2D eigenvalue weighted by molar-refractivity contribution is -0.298. The van der Waals surface area contributed by atoms with Crippen molar-refractivity contribution in [2.75, 3.05) is 0 Å². The summed E-state index contributed by atoms with van der Waals surface area (Å²) in [4.78, 5) is 25.7. The van der Waals surface area contributed by atoms with Gasteiger partial charge in [-0.25, -0.2) is 4.98 Å². The van der Waals surface area contributed by atoms with Crippen molar-refractivity contribution in [1.29, 1.82) is 0 Å². The number of hydrogen-bond donors (Lipinski definition) is 1. The number of carboxylic acid groups (broad SMARTS) is 2. The summed E-state index contributed by atoms with van der Waals surface area (Å²) in [5, 5.41) is 28.4. The Labute approximate surface area is 123 Å². The van der Waals surface area contributed by atoms with Crippen LogP contribution in [0.15, 0.2) is 34.3 Å². The van der Waals surface area contributed by atoms with Gasteiger partial charge in [0.15, 0.2) is 0 Å². The maximum atomic E-state index is 11.1. The Morgan fingerprint density at radius 2 is 1.90 bits per heavy atom. The maximum absolute atomic E-state index is 11.1. The molecule has 0 bridgehead atoms. The molecule has 1 heterocycles. The standard InChI is InChI=1S/C13H11N3O4S/c1-7-14-13(16-15-7)21-10(12(19)20)6-8-2-4-9(5-3-8)11(17)18/h2-6H,1H3,(H,17,18)(H,19,20)(H,14,15,16)/p-2/b10-6+. The van der Waals surface area contributed by atoms with E-state index in [-0.39, 0.29) is 15.6 Å². The van der Waals surface area contributed by atoms with Crippen molar-refractivity contribution in [2.24, 2.45) is 0 Å². The van der Waals surface area contributed by atoms with Crippen molar-refractivity contribution >= 4 is 29.8 Å². The number of carbonyl (C=O) groups is 2. The van der Waals surface area contributed by atoms with Crippen molar-refractivity contribution < 1.29 is 19.8 Å². The summed E-state index contributed by atoms with van der Waals surface area (Å²) in [5.41, 5.74) is 0.526. The molecule has 0 atom stereocenters. The molecular weight excluding hydrogens is 294 g/mol. The fraction of sp³-hybridized carbons (Fsp3) is 0.0769. The Balaban J connectivity index is 2.24. The Bertz CT molecular complexity index is 706. The number of nitrogens with zero attached hydrogens (tertiary/aromatic N) is 2. The molecule has 0 amide bonds. The first kappa shape index (κ1) is 14.8. The zero-order valence-electron chi connectivity index (χ0n) is 10.8. The molecule has 0 radical (unpaired) electrons. The SMILES string of the molecule is Cc1nc(S/C(=C/c2ccc(C(=O)[O-])cc2)C(=O)[O-])n[nH]1. The second-order valence-corrected chi connectivity index (χ2v) is 5.02. The Morgan fingerprint density at radius 3 is 2.38 bits per heavy atom. The van der Waals surface area contributed by atoms with E-state index in [1.165, 1.54) is 30.3 Å². The van der Waals surface area contributed by atoms with Gasteiger partial charge in [-0.05, 0) is 35.9 Å². The summed E-state index contributed by atoms with van der Waals surface area (Å²) in [6, 6.07) is 5.60. The summed E-state index contributed by atoms with van der Waals surface area (Å²) in [5.74, 6) is -2.10. The lowest BCUT2D eigenvalue weighted by Crippen LogP contribution is -2.23. The highest BCUT2D eigenvalue weighted by Crippen LogP contribution is 2.25. The smallest absolute Gasteiger partial charge is 0.213 e. The second-order valence-electron chi connectivity index (χ2n) is 4.01. The summed E-state index contributed by atoms with van der Waals surface area (Å²) in [6.07, 6.45) is 1.35. The van der Waals surface area contributed by atoms with Crippen LogP contribution in [0, 0.1) is 6.92 Å².